The Kier molecular flexibility index (Phi) is 7.69. The maximum Gasteiger partial charge on any atom is 0.330 e. The number of carbonyl (C=O) groups is 1. The van der Waals surface area contributed by atoms with E-state index in [1.165, 1.54) is 12.7 Å². The van der Waals surface area contributed by atoms with Crippen LogP contribution in [0.3, 0.4) is 0 Å². The topological polar surface area (TPSA) is 26.3 Å². The van der Waals surface area contributed by atoms with E-state index in [0.717, 1.165) is 31.3 Å². The highest BCUT2D eigenvalue weighted by atomic mass is 16.5. The molecule has 0 aromatic carbocycles. The lowest BCUT2D eigenvalue weighted by Gasteiger charge is -2.02. The van der Waals surface area contributed by atoms with Crippen LogP contribution in [0.25, 0.3) is 0 Å². The van der Waals surface area contributed by atoms with Crippen molar-refractivity contribution in [2.75, 3.05) is 7.11 Å². The zero-order chi connectivity index (χ0) is 11.7. The Bertz CT molecular complexity index is 249. The van der Waals surface area contributed by atoms with Gasteiger partial charge in [-0.05, 0) is 32.6 Å². The molecule has 0 N–H and O–H groups in total. The molecule has 0 fully saturated rings. The third-order valence-corrected chi connectivity index (χ3v) is 2.49. The average molecular weight is 210 g/mol. The SMILES string of the molecule is CC/C(C)=C\CC/C(=C/C(=O)OC)CC. The summed E-state index contributed by atoms with van der Waals surface area (Å²) in [7, 11) is 1.41. The van der Waals surface area contributed by atoms with E-state index in [9.17, 15) is 4.79 Å². The fourth-order valence-electron chi connectivity index (χ4n) is 1.22. The summed E-state index contributed by atoms with van der Waals surface area (Å²) in [4.78, 5) is 11.0. The van der Waals surface area contributed by atoms with Crippen molar-refractivity contribution >= 4 is 5.97 Å². The molecular formula is C13H22O2. The minimum absolute atomic E-state index is 0.247. The van der Waals surface area contributed by atoms with E-state index in [1.54, 1.807) is 6.08 Å². The fourth-order valence-corrected chi connectivity index (χ4v) is 1.22. The third kappa shape index (κ3) is 6.95. The van der Waals surface area contributed by atoms with Gasteiger partial charge in [-0.2, -0.15) is 0 Å². The summed E-state index contributed by atoms with van der Waals surface area (Å²) in [6, 6.07) is 0. The molecule has 2 nitrogen and oxygen atoms in total. The zero-order valence-electron chi connectivity index (χ0n) is 10.3. The molecule has 0 atom stereocenters. The number of rotatable bonds is 6. The molecule has 0 aliphatic rings. The number of carbonyl (C=O) groups excluding carboxylic acids is 1. The van der Waals surface area contributed by atoms with Gasteiger partial charge in [0.25, 0.3) is 0 Å². The van der Waals surface area contributed by atoms with Crippen LogP contribution in [-0.2, 0) is 9.53 Å². The van der Waals surface area contributed by atoms with Gasteiger partial charge in [0.2, 0.25) is 0 Å². The van der Waals surface area contributed by atoms with Crippen molar-refractivity contribution in [2.24, 2.45) is 0 Å². The summed E-state index contributed by atoms with van der Waals surface area (Å²) in [6.07, 6.45) is 7.81. The van der Waals surface area contributed by atoms with Crippen molar-refractivity contribution in [3.8, 4) is 0 Å². The highest BCUT2D eigenvalue weighted by Crippen LogP contribution is 2.12. The van der Waals surface area contributed by atoms with Crippen LogP contribution in [0, 0.1) is 0 Å². The van der Waals surface area contributed by atoms with Crippen molar-refractivity contribution in [1.29, 1.82) is 0 Å². The first-order valence-corrected chi connectivity index (χ1v) is 5.57. The number of hydrogen-bond acceptors (Lipinski definition) is 2. The minimum Gasteiger partial charge on any atom is -0.466 e. The highest BCUT2D eigenvalue weighted by Gasteiger charge is 1.99. The monoisotopic (exact) mass is 210 g/mol. The Morgan fingerprint density at radius 1 is 1.27 bits per heavy atom. The van der Waals surface area contributed by atoms with E-state index in [2.05, 4.69) is 31.6 Å². The quantitative estimate of drug-likeness (QED) is 0.380. The van der Waals surface area contributed by atoms with Crippen molar-refractivity contribution < 1.29 is 9.53 Å². The molecule has 15 heavy (non-hydrogen) atoms. The van der Waals surface area contributed by atoms with E-state index in [1.807, 2.05) is 0 Å². The van der Waals surface area contributed by atoms with Crippen LogP contribution >= 0.6 is 0 Å². The van der Waals surface area contributed by atoms with Crippen LogP contribution < -0.4 is 0 Å². The van der Waals surface area contributed by atoms with Gasteiger partial charge in [0, 0.05) is 6.08 Å². The first-order valence-electron chi connectivity index (χ1n) is 5.57. The first-order chi connectivity index (χ1) is 7.13. The Balaban J connectivity index is 4.12. The summed E-state index contributed by atoms with van der Waals surface area (Å²) in [5, 5.41) is 0. The van der Waals surface area contributed by atoms with E-state index < -0.39 is 0 Å². The van der Waals surface area contributed by atoms with Crippen molar-refractivity contribution in [3.63, 3.8) is 0 Å². The molecule has 0 aromatic heterocycles. The predicted octanol–water partition coefficient (Wildman–Crippen LogP) is 3.63. The first kappa shape index (κ1) is 13.9. The summed E-state index contributed by atoms with van der Waals surface area (Å²) < 4.78 is 4.60. The minimum atomic E-state index is -0.247. The molecule has 0 unspecified atom stereocenters. The Morgan fingerprint density at radius 3 is 2.40 bits per heavy atom. The van der Waals surface area contributed by atoms with Gasteiger partial charge in [0.15, 0.2) is 0 Å². The maximum absolute atomic E-state index is 11.0. The predicted molar refractivity (Wildman–Crippen MR) is 63.7 cm³/mol. The molecule has 2 heteroatoms. The van der Waals surface area contributed by atoms with Crippen molar-refractivity contribution in [3.05, 3.63) is 23.3 Å². The lowest BCUT2D eigenvalue weighted by molar-refractivity contribution is -0.134. The summed E-state index contributed by atoms with van der Waals surface area (Å²) in [5.74, 6) is -0.247. The summed E-state index contributed by atoms with van der Waals surface area (Å²) >= 11 is 0. The van der Waals surface area contributed by atoms with Gasteiger partial charge >= 0.3 is 5.97 Å². The van der Waals surface area contributed by atoms with Gasteiger partial charge in [-0.25, -0.2) is 4.79 Å². The molecule has 0 bridgehead atoms. The second kappa shape index (κ2) is 8.27. The molecule has 0 aliphatic heterocycles. The molecule has 0 saturated heterocycles. The number of allylic oxidation sites excluding steroid dienone is 3. The van der Waals surface area contributed by atoms with Crippen LogP contribution in [0.2, 0.25) is 0 Å². The molecule has 0 heterocycles. The molecule has 0 radical (unpaired) electrons. The largest absolute Gasteiger partial charge is 0.466 e. The fraction of sp³-hybridized carbons (Fsp3) is 0.615. The van der Waals surface area contributed by atoms with Crippen molar-refractivity contribution in [2.45, 2.75) is 46.5 Å². The van der Waals surface area contributed by atoms with E-state index in [4.69, 9.17) is 0 Å². The van der Waals surface area contributed by atoms with Crippen molar-refractivity contribution in [1.82, 2.24) is 0 Å². The second-order valence-electron chi connectivity index (χ2n) is 3.62. The number of esters is 1. The van der Waals surface area contributed by atoms with Crippen LogP contribution in [0.15, 0.2) is 23.3 Å². The highest BCUT2D eigenvalue weighted by molar-refractivity contribution is 5.82. The number of methoxy groups -OCH3 is 1. The smallest absolute Gasteiger partial charge is 0.330 e. The second-order valence-corrected chi connectivity index (χ2v) is 3.62. The van der Waals surface area contributed by atoms with Crippen LogP contribution in [0.5, 0.6) is 0 Å². The molecule has 0 spiro atoms. The lowest BCUT2D eigenvalue weighted by Crippen LogP contribution is -1.97. The Labute approximate surface area is 93.0 Å². The van der Waals surface area contributed by atoms with Crippen LogP contribution in [-0.4, -0.2) is 13.1 Å². The number of ether oxygens (including phenoxy) is 1. The molecule has 0 saturated carbocycles. The molecule has 0 rings (SSSR count). The van der Waals surface area contributed by atoms with Gasteiger partial charge in [-0.1, -0.05) is 31.1 Å². The van der Waals surface area contributed by atoms with E-state index >= 15 is 0 Å². The molecular weight excluding hydrogens is 188 g/mol. The zero-order valence-corrected chi connectivity index (χ0v) is 10.3. The van der Waals surface area contributed by atoms with Crippen LogP contribution in [0.1, 0.15) is 46.5 Å². The molecule has 0 amide bonds. The lowest BCUT2D eigenvalue weighted by atomic mass is 10.1. The van der Waals surface area contributed by atoms with E-state index in [-0.39, 0.29) is 5.97 Å². The Hall–Kier alpha value is -1.05. The number of hydrogen-bond donors (Lipinski definition) is 0. The van der Waals surface area contributed by atoms with Gasteiger partial charge in [0.05, 0.1) is 7.11 Å². The van der Waals surface area contributed by atoms with Crippen LogP contribution in [0.4, 0.5) is 0 Å². The van der Waals surface area contributed by atoms with Gasteiger partial charge in [-0.3, -0.25) is 0 Å². The van der Waals surface area contributed by atoms with E-state index in [0.29, 0.717) is 0 Å². The molecule has 86 valence electrons. The maximum atomic E-state index is 11.0. The van der Waals surface area contributed by atoms with Gasteiger partial charge in [0.1, 0.15) is 0 Å². The Morgan fingerprint density at radius 2 is 1.93 bits per heavy atom. The third-order valence-electron chi connectivity index (χ3n) is 2.49. The standard InChI is InChI=1S/C13H22O2/c1-5-11(3)8-7-9-12(6-2)10-13(14)15-4/h8,10H,5-7,9H2,1-4H3/b11-8-,12-10+. The summed E-state index contributed by atoms with van der Waals surface area (Å²) in [6.45, 7) is 6.34. The van der Waals surface area contributed by atoms with Gasteiger partial charge in [-0.15, -0.1) is 0 Å². The average Bonchev–Trinajstić information content (AvgIpc) is 2.26. The molecule has 0 aromatic rings. The summed E-state index contributed by atoms with van der Waals surface area (Å²) in [5.41, 5.74) is 2.56. The van der Waals surface area contributed by atoms with Gasteiger partial charge < -0.3 is 4.74 Å². The molecule has 0 aliphatic carbocycles. The normalized spacial score (nSPS) is 12.8.